The van der Waals surface area contributed by atoms with Gasteiger partial charge in [-0.25, -0.2) is 0 Å². The maximum atomic E-state index is 12.1. The molecule has 8 atom stereocenters. The summed E-state index contributed by atoms with van der Waals surface area (Å²) in [5.74, 6) is 3.22. The molecule has 3 heteroatoms. The fourth-order valence-electron chi connectivity index (χ4n) is 7.06. The van der Waals surface area contributed by atoms with Crippen molar-refractivity contribution in [2.45, 2.75) is 76.1 Å². The van der Waals surface area contributed by atoms with Gasteiger partial charge in [0, 0.05) is 6.42 Å². The van der Waals surface area contributed by atoms with E-state index in [9.17, 15) is 9.90 Å². The molecule has 0 aromatic rings. The normalized spacial score (nSPS) is 57.9. The third-order valence-electron chi connectivity index (χ3n) is 8.46. The molecule has 2 nitrogen and oxygen atoms in total. The number of carbonyl (C=O) groups is 1. The quantitative estimate of drug-likeness (QED) is 0.646. The summed E-state index contributed by atoms with van der Waals surface area (Å²) in [5.41, 5.74) is 0.502. The SMILES string of the molecule is C[C@]12CCC(=O)[C@@H](Br)[C@H]1CC[C@H]1[C@H]3CC[C@H](O)[C@]3(C)CC[C@@H]12. The molecule has 0 aromatic carbocycles. The largest absolute Gasteiger partial charge is 0.393 e. The van der Waals surface area contributed by atoms with Gasteiger partial charge in [-0.1, -0.05) is 29.8 Å². The summed E-state index contributed by atoms with van der Waals surface area (Å²) in [7, 11) is 0. The highest BCUT2D eigenvalue weighted by Crippen LogP contribution is 2.66. The van der Waals surface area contributed by atoms with Crippen molar-refractivity contribution >= 4 is 21.7 Å². The van der Waals surface area contributed by atoms with Crippen molar-refractivity contribution in [3.8, 4) is 0 Å². The number of Topliss-reactive ketones (excluding diaryl/α,β-unsaturated/α-hetero) is 1. The summed E-state index contributed by atoms with van der Waals surface area (Å²) in [6, 6.07) is 0. The van der Waals surface area contributed by atoms with Gasteiger partial charge in [0.25, 0.3) is 0 Å². The molecular formula is C19H29BrO2. The number of aliphatic hydroxyl groups excluding tert-OH is 1. The Kier molecular flexibility index (Phi) is 3.59. The molecule has 124 valence electrons. The molecule has 22 heavy (non-hydrogen) atoms. The van der Waals surface area contributed by atoms with Crippen LogP contribution in [0.15, 0.2) is 0 Å². The van der Waals surface area contributed by atoms with Crippen molar-refractivity contribution in [2.24, 2.45) is 34.5 Å². The Morgan fingerprint density at radius 3 is 2.41 bits per heavy atom. The highest BCUT2D eigenvalue weighted by molar-refractivity contribution is 9.10. The Labute approximate surface area is 142 Å². The number of hydrogen-bond acceptors (Lipinski definition) is 2. The predicted octanol–water partition coefficient (Wildman–Crippen LogP) is 4.33. The third-order valence-corrected chi connectivity index (χ3v) is 9.61. The molecule has 4 saturated carbocycles. The average molecular weight is 369 g/mol. The van der Waals surface area contributed by atoms with E-state index in [1.54, 1.807) is 0 Å². The number of hydrogen-bond donors (Lipinski definition) is 1. The molecule has 4 fully saturated rings. The Bertz CT molecular complexity index is 492. The minimum atomic E-state index is -0.0826. The summed E-state index contributed by atoms with van der Waals surface area (Å²) in [6.07, 6.45) is 8.90. The number of carbonyl (C=O) groups excluding carboxylic acids is 1. The molecule has 0 bridgehead atoms. The number of alkyl halides is 1. The average Bonchev–Trinajstić information content (AvgIpc) is 2.79. The first-order chi connectivity index (χ1) is 10.4. The summed E-state index contributed by atoms with van der Waals surface area (Å²) in [6.45, 7) is 4.82. The summed E-state index contributed by atoms with van der Waals surface area (Å²) in [5, 5.41) is 10.5. The van der Waals surface area contributed by atoms with Crippen LogP contribution in [0.4, 0.5) is 0 Å². The standard InChI is InChI=1S/C19H29BrO2/c1-18-10-8-15(21)17(20)14(18)4-3-11-12-5-6-16(22)19(12,2)9-7-13(11)18/h11-14,16-17,22H,3-10H2,1-2H3/t11-,12+,13-,14+,16-,17-,18+,19+/m0/s1. The molecule has 4 rings (SSSR count). The van der Waals surface area contributed by atoms with Crippen LogP contribution in [0.5, 0.6) is 0 Å². The van der Waals surface area contributed by atoms with Crippen LogP contribution >= 0.6 is 15.9 Å². The molecule has 0 radical (unpaired) electrons. The van der Waals surface area contributed by atoms with Gasteiger partial charge in [-0.05, 0) is 79.4 Å². The monoisotopic (exact) mass is 368 g/mol. The molecule has 0 unspecified atom stereocenters. The van der Waals surface area contributed by atoms with E-state index in [0.717, 1.165) is 31.1 Å². The lowest BCUT2D eigenvalue weighted by atomic mass is 9.45. The van der Waals surface area contributed by atoms with Crippen molar-refractivity contribution < 1.29 is 9.90 Å². The Morgan fingerprint density at radius 1 is 0.955 bits per heavy atom. The van der Waals surface area contributed by atoms with Crippen LogP contribution in [0.2, 0.25) is 0 Å². The fraction of sp³-hybridized carbons (Fsp3) is 0.947. The predicted molar refractivity (Wildman–Crippen MR) is 90.8 cm³/mol. The number of fused-ring (bicyclic) bond motifs is 5. The minimum Gasteiger partial charge on any atom is -0.393 e. The lowest BCUT2D eigenvalue weighted by Gasteiger charge is -2.60. The molecule has 0 aliphatic heterocycles. The van der Waals surface area contributed by atoms with E-state index in [-0.39, 0.29) is 16.3 Å². The van der Waals surface area contributed by atoms with E-state index in [4.69, 9.17) is 0 Å². The van der Waals surface area contributed by atoms with Crippen molar-refractivity contribution in [2.75, 3.05) is 0 Å². The summed E-state index contributed by atoms with van der Waals surface area (Å²) >= 11 is 3.73. The molecule has 0 saturated heterocycles. The smallest absolute Gasteiger partial charge is 0.146 e. The van der Waals surface area contributed by atoms with Crippen molar-refractivity contribution in [3.63, 3.8) is 0 Å². The summed E-state index contributed by atoms with van der Waals surface area (Å²) in [4.78, 5) is 12.2. The first-order valence-electron chi connectivity index (χ1n) is 9.23. The van der Waals surface area contributed by atoms with E-state index in [2.05, 4.69) is 29.8 Å². The molecule has 0 aromatic heterocycles. The number of aliphatic hydroxyl groups is 1. The van der Waals surface area contributed by atoms with E-state index in [1.807, 2.05) is 0 Å². The van der Waals surface area contributed by atoms with Crippen molar-refractivity contribution in [3.05, 3.63) is 0 Å². The lowest BCUT2D eigenvalue weighted by Crippen LogP contribution is -2.56. The van der Waals surface area contributed by atoms with Gasteiger partial charge < -0.3 is 5.11 Å². The molecule has 4 aliphatic carbocycles. The highest BCUT2D eigenvalue weighted by atomic mass is 79.9. The van der Waals surface area contributed by atoms with Crippen LogP contribution in [0.3, 0.4) is 0 Å². The van der Waals surface area contributed by atoms with E-state index in [1.165, 1.54) is 32.1 Å². The van der Waals surface area contributed by atoms with Crippen LogP contribution in [-0.2, 0) is 4.79 Å². The van der Waals surface area contributed by atoms with Gasteiger partial charge in [0.15, 0.2) is 0 Å². The molecule has 1 N–H and O–H groups in total. The van der Waals surface area contributed by atoms with Crippen LogP contribution < -0.4 is 0 Å². The third kappa shape index (κ3) is 1.90. The van der Waals surface area contributed by atoms with Gasteiger partial charge in [0.05, 0.1) is 10.9 Å². The Hall–Kier alpha value is 0.110. The van der Waals surface area contributed by atoms with Gasteiger partial charge in [0.1, 0.15) is 5.78 Å². The zero-order chi connectivity index (χ0) is 15.7. The first-order valence-corrected chi connectivity index (χ1v) is 10.1. The second-order valence-corrected chi connectivity index (χ2v) is 10.1. The Balaban J connectivity index is 1.65. The van der Waals surface area contributed by atoms with Gasteiger partial charge in [-0.15, -0.1) is 0 Å². The molecule has 4 aliphatic rings. The van der Waals surface area contributed by atoms with Crippen molar-refractivity contribution in [1.82, 2.24) is 0 Å². The van der Waals surface area contributed by atoms with Crippen LogP contribution in [0.25, 0.3) is 0 Å². The zero-order valence-electron chi connectivity index (χ0n) is 13.9. The van der Waals surface area contributed by atoms with Crippen LogP contribution in [0.1, 0.15) is 65.2 Å². The summed E-state index contributed by atoms with van der Waals surface area (Å²) < 4.78 is 0. The van der Waals surface area contributed by atoms with Gasteiger partial charge in [-0.2, -0.15) is 0 Å². The fourth-order valence-corrected chi connectivity index (χ4v) is 8.16. The van der Waals surface area contributed by atoms with E-state index in [0.29, 0.717) is 23.0 Å². The second kappa shape index (κ2) is 5.05. The van der Waals surface area contributed by atoms with E-state index >= 15 is 0 Å². The molecule has 0 heterocycles. The van der Waals surface area contributed by atoms with Crippen LogP contribution in [0, 0.1) is 34.5 Å². The van der Waals surface area contributed by atoms with Gasteiger partial charge in [0.2, 0.25) is 0 Å². The molecular weight excluding hydrogens is 340 g/mol. The van der Waals surface area contributed by atoms with Gasteiger partial charge in [-0.3, -0.25) is 4.79 Å². The van der Waals surface area contributed by atoms with Crippen LogP contribution in [-0.4, -0.2) is 21.8 Å². The Morgan fingerprint density at radius 2 is 1.64 bits per heavy atom. The van der Waals surface area contributed by atoms with E-state index < -0.39 is 0 Å². The number of halogens is 1. The number of rotatable bonds is 0. The second-order valence-electron chi connectivity index (χ2n) is 9.07. The van der Waals surface area contributed by atoms with Crippen molar-refractivity contribution in [1.29, 1.82) is 0 Å². The lowest BCUT2D eigenvalue weighted by molar-refractivity contribution is -0.140. The maximum Gasteiger partial charge on any atom is 0.146 e. The van der Waals surface area contributed by atoms with Gasteiger partial charge >= 0.3 is 0 Å². The molecule has 0 spiro atoms. The highest BCUT2D eigenvalue weighted by Gasteiger charge is 2.61. The zero-order valence-corrected chi connectivity index (χ0v) is 15.4. The minimum absolute atomic E-state index is 0.0826. The topological polar surface area (TPSA) is 37.3 Å². The molecule has 0 amide bonds. The first kappa shape index (κ1) is 15.6. The number of ketones is 1. The maximum absolute atomic E-state index is 12.1.